The van der Waals surface area contributed by atoms with E-state index in [1.54, 1.807) is 43.5 Å². The average Bonchev–Trinajstić information content (AvgIpc) is 3.28. The molecule has 4 rings (SSSR count). The van der Waals surface area contributed by atoms with Crippen molar-refractivity contribution in [2.24, 2.45) is 5.92 Å². The van der Waals surface area contributed by atoms with Crippen LogP contribution in [0.1, 0.15) is 12.8 Å². The number of carbonyl (C=O) groups is 1. The lowest BCUT2D eigenvalue weighted by Crippen LogP contribution is -2.43. The van der Waals surface area contributed by atoms with Crippen LogP contribution in [0.3, 0.4) is 0 Å². The molecule has 9 nitrogen and oxygen atoms in total. The van der Waals surface area contributed by atoms with Crippen molar-refractivity contribution in [2.75, 3.05) is 25.5 Å². The fraction of sp³-hybridized carbons (Fsp3) is 0.286. The molecule has 0 unspecified atom stereocenters. The highest BCUT2D eigenvalue weighted by Gasteiger charge is 2.33. The summed E-state index contributed by atoms with van der Waals surface area (Å²) in [6.07, 6.45) is 1.20. The maximum atomic E-state index is 12.9. The van der Waals surface area contributed by atoms with Gasteiger partial charge in [0.05, 0.1) is 23.5 Å². The van der Waals surface area contributed by atoms with E-state index in [9.17, 15) is 13.2 Å². The van der Waals surface area contributed by atoms with Crippen LogP contribution in [-0.4, -0.2) is 54.0 Å². The number of nitrogens with zero attached hydrogens (tertiary/aromatic N) is 3. The topological polar surface area (TPSA) is 117 Å². The smallest absolute Gasteiger partial charge is 0.249 e. The molecule has 1 aliphatic rings. The summed E-state index contributed by atoms with van der Waals surface area (Å²) in [5.41, 5.74) is 0.718. The summed E-state index contributed by atoms with van der Waals surface area (Å²) >= 11 is 0. The summed E-state index contributed by atoms with van der Waals surface area (Å²) in [5.74, 6) is 0.433. The number of methoxy groups -OCH3 is 1. The molecule has 0 bridgehead atoms. The molecule has 1 saturated heterocycles. The first kappa shape index (κ1) is 21.0. The highest BCUT2D eigenvalue weighted by atomic mass is 32.2. The van der Waals surface area contributed by atoms with Gasteiger partial charge in [0, 0.05) is 13.1 Å². The van der Waals surface area contributed by atoms with E-state index in [0.29, 0.717) is 31.0 Å². The molecule has 162 valence electrons. The molecule has 0 saturated carbocycles. The Hall–Kier alpha value is -3.24. The molecule has 1 atom stereocenters. The second-order valence-corrected chi connectivity index (χ2v) is 9.15. The number of nitrogens with one attached hydrogen (secondary N) is 2. The Morgan fingerprint density at radius 2 is 1.90 bits per heavy atom. The zero-order valence-electron chi connectivity index (χ0n) is 17.0. The molecule has 0 aliphatic carbocycles. The molecular formula is C21H23N5O4S. The number of aromatic nitrogens is 3. The molecular weight excluding hydrogens is 418 g/mol. The van der Waals surface area contributed by atoms with Crippen LogP contribution in [0.25, 0.3) is 11.4 Å². The van der Waals surface area contributed by atoms with E-state index in [2.05, 4.69) is 20.5 Å². The van der Waals surface area contributed by atoms with Gasteiger partial charge in [-0.05, 0) is 37.1 Å². The van der Waals surface area contributed by atoms with Gasteiger partial charge < -0.3 is 4.74 Å². The largest absolute Gasteiger partial charge is 0.496 e. The average molecular weight is 442 g/mol. The van der Waals surface area contributed by atoms with E-state index >= 15 is 0 Å². The molecule has 2 aromatic carbocycles. The standard InChI is InChI=1S/C21H23N5O4S/c1-30-18-12-6-5-11-17(18)19-22-21(25-24-19)23-20(27)15-8-7-13-26(14-15)31(28,29)16-9-3-2-4-10-16/h2-6,9-12,15H,7-8,13-14H2,1H3,(H2,22,23,24,25,27)/t15-/m0/s1. The number of ether oxygens (including phenoxy) is 1. The second kappa shape index (κ2) is 8.86. The predicted molar refractivity (Wildman–Crippen MR) is 115 cm³/mol. The van der Waals surface area contributed by atoms with E-state index in [0.717, 1.165) is 5.56 Å². The van der Waals surface area contributed by atoms with Gasteiger partial charge in [-0.1, -0.05) is 30.3 Å². The Labute approximate surface area is 180 Å². The van der Waals surface area contributed by atoms with Crippen molar-refractivity contribution in [2.45, 2.75) is 17.7 Å². The summed E-state index contributed by atoms with van der Waals surface area (Å²) < 4.78 is 32.5. The molecule has 10 heteroatoms. The fourth-order valence-electron chi connectivity index (χ4n) is 3.61. The number of benzene rings is 2. The lowest BCUT2D eigenvalue weighted by Gasteiger charge is -2.30. The lowest BCUT2D eigenvalue weighted by atomic mass is 9.99. The van der Waals surface area contributed by atoms with Gasteiger partial charge in [0.15, 0.2) is 5.82 Å². The number of hydrogen-bond donors (Lipinski definition) is 2. The van der Waals surface area contributed by atoms with Crippen molar-refractivity contribution >= 4 is 21.9 Å². The summed E-state index contributed by atoms with van der Waals surface area (Å²) in [4.78, 5) is 17.4. The maximum absolute atomic E-state index is 12.9. The van der Waals surface area contributed by atoms with Crippen LogP contribution >= 0.6 is 0 Å². The summed E-state index contributed by atoms with van der Waals surface area (Å²) in [7, 11) is -2.07. The minimum Gasteiger partial charge on any atom is -0.496 e. The molecule has 1 aromatic heterocycles. The third kappa shape index (κ3) is 4.44. The zero-order chi connectivity index (χ0) is 21.8. The van der Waals surface area contributed by atoms with Crippen LogP contribution in [0, 0.1) is 5.92 Å². The van der Waals surface area contributed by atoms with Crippen LogP contribution in [0.15, 0.2) is 59.5 Å². The SMILES string of the molecule is COc1ccccc1-c1nc(NC(=O)[C@H]2CCCN(S(=O)(=O)c3ccccc3)C2)n[nH]1. The van der Waals surface area contributed by atoms with Crippen LogP contribution in [-0.2, 0) is 14.8 Å². The first-order chi connectivity index (χ1) is 15.0. The summed E-state index contributed by atoms with van der Waals surface area (Å²) in [6, 6.07) is 15.6. The number of piperidine rings is 1. The fourth-order valence-corrected chi connectivity index (χ4v) is 5.15. The number of H-pyrrole nitrogens is 1. The van der Waals surface area contributed by atoms with E-state index in [-0.39, 0.29) is 23.3 Å². The van der Waals surface area contributed by atoms with Gasteiger partial charge in [0.25, 0.3) is 0 Å². The van der Waals surface area contributed by atoms with Crippen molar-refractivity contribution in [1.29, 1.82) is 0 Å². The normalized spacial score (nSPS) is 17.3. The Bertz CT molecular complexity index is 1160. The Morgan fingerprint density at radius 1 is 1.16 bits per heavy atom. The van der Waals surface area contributed by atoms with E-state index in [4.69, 9.17) is 4.74 Å². The number of hydrogen-bond acceptors (Lipinski definition) is 6. The van der Waals surface area contributed by atoms with E-state index < -0.39 is 15.9 Å². The van der Waals surface area contributed by atoms with Gasteiger partial charge in [-0.25, -0.2) is 8.42 Å². The lowest BCUT2D eigenvalue weighted by molar-refractivity contribution is -0.120. The number of anilines is 1. The summed E-state index contributed by atoms with van der Waals surface area (Å²) in [6.45, 7) is 0.506. The molecule has 0 spiro atoms. The van der Waals surface area contributed by atoms with Gasteiger partial charge in [-0.2, -0.15) is 9.29 Å². The van der Waals surface area contributed by atoms with E-state index in [1.807, 2.05) is 18.2 Å². The minimum absolute atomic E-state index is 0.118. The number of aromatic amines is 1. The quantitative estimate of drug-likeness (QED) is 0.607. The highest BCUT2D eigenvalue weighted by Crippen LogP contribution is 2.28. The number of para-hydroxylation sites is 1. The minimum atomic E-state index is -3.64. The number of amides is 1. The number of sulfonamides is 1. The van der Waals surface area contributed by atoms with Crippen LogP contribution in [0.4, 0.5) is 5.95 Å². The van der Waals surface area contributed by atoms with Crippen molar-refractivity contribution in [3.05, 3.63) is 54.6 Å². The molecule has 0 radical (unpaired) electrons. The molecule has 2 N–H and O–H groups in total. The number of carbonyl (C=O) groups excluding carboxylic acids is 1. The van der Waals surface area contributed by atoms with E-state index in [1.165, 1.54) is 4.31 Å². The van der Waals surface area contributed by atoms with Gasteiger partial charge in [-0.3, -0.25) is 15.2 Å². The zero-order valence-corrected chi connectivity index (χ0v) is 17.8. The number of rotatable bonds is 6. The second-order valence-electron chi connectivity index (χ2n) is 7.21. The first-order valence-corrected chi connectivity index (χ1v) is 11.3. The Balaban J connectivity index is 1.45. The predicted octanol–water partition coefficient (Wildman–Crippen LogP) is 2.52. The monoisotopic (exact) mass is 441 g/mol. The van der Waals surface area contributed by atoms with Crippen molar-refractivity contribution in [3.63, 3.8) is 0 Å². The Morgan fingerprint density at radius 3 is 2.68 bits per heavy atom. The van der Waals surface area contributed by atoms with Crippen molar-refractivity contribution in [3.8, 4) is 17.1 Å². The Kier molecular flexibility index (Phi) is 6.01. The first-order valence-electron chi connectivity index (χ1n) is 9.91. The maximum Gasteiger partial charge on any atom is 0.249 e. The van der Waals surface area contributed by atoms with Gasteiger partial charge >= 0.3 is 0 Å². The molecule has 2 heterocycles. The summed E-state index contributed by atoms with van der Waals surface area (Å²) in [5, 5.41) is 9.56. The molecule has 31 heavy (non-hydrogen) atoms. The van der Waals surface area contributed by atoms with Crippen molar-refractivity contribution < 1.29 is 17.9 Å². The third-order valence-electron chi connectivity index (χ3n) is 5.22. The van der Waals surface area contributed by atoms with Crippen molar-refractivity contribution in [1.82, 2.24) is 19.5 Å². The van der Waals surface area contributed by atoms with Gasteiger partial charge in [-0.15, -0.1) is 5.10 Å². The molecule has 1 fully saturated rings. The van der Waals surface area contributed by atoms with Crippen LogP contribution < -0.4 is 10.1 Å². The molecule has 1 amide bonds. The highest BCUT2D eigenvalue weighted by molar-refractivity contribution is 7.89. The van der Waals surface area contributed by atoms with Gasteiger partial charge in [0.2, 0.25) is 21.9 Å². The molecule has 1 aliphatic heterocycles. The van der Waals surface area contributed by atoms with Crippen LogP contribution in [0.2, 0.25) is 0 Å². The molecule has 3 aromatic rings. The van der Waals surface area contributed by atoms with Gasteiger partial charge in [0.1, 0.15) is 5.75 Å². The third-order valence-corrected chi connectivity index (χ3v) is 7.10. The van der Waals surface area contributed by atoms with Crippen LogP contribution in [0.5, 0.6) is 5.75 Å².